The fraction of sp³-hybridized carbons (Fsp3) is 1.00. The molecule has 1 aliphatic heterocycles. The average molecular weight is 169 g/mol. The van der Waals surface area contributed by atoms with Crippen LogP contribution in [0, 0.1) is 11.8 Å². The molecule has 1 rings (SSSR count). The van der Waals surface area contributed by atoms with Gasteiger partial charge < -0.3 is 4.90 Å². The fourth-order valence-corrected chi connectivity index (χ4v) is 1.95. The molecule has 0 aromatic heterocycles. The minimum absolute atomic E-state index is 0.880. The molecule has 12 heavy (non-hydrogen) atoms. The van der Waals surface area contributed by atoms with Crippen molar-refractivity contribution in [2.75, 3.05) is 19.6 Å². The molecule has 0 saturated carbocycles. The third kappa shape index (κ3) is 3.57. The van der Waals surface area contributed by atoms with E-state index in [2.05, 4.69) is 25.7 Å². The van der Waals surface area contributed by atoms with Crippen LogP contribution in [0.3, 0.4) is 0 Å². The van der Waals surface area contributed by atoms with Crippen molar-refractivity contribution in [1.82, 2.24) is 4.90 Å². The Morgan fingerprint density at radius 3 is 2.67 bits per heavy atom. The molecule has 0 aromatic rings. The van der Waals surface area contributed by atoms with Crippen molar-refractivity contribution in [2.45, 2.75) is 40.0 Å². The second kappa shape index (κ2) is 4.86. The van der Waals surface area contributed by atoms with E-state index in [0.29, 0.717) is 0 Å². The quantitative estimate of drug-likeness (QED) is 0.625. The van der Waals surface area contributed by atoms with E-state index >= 15 is 0 Å². The molecule has 0 aliphatic carbocycles. The molecule has 0 amide bonds. The highest BCUT2D eigenvalue weighted by molar-refractivity contribution is 4.71. The van der Waals surface area contributed by atoms with Crippen LogP contribution >= 0.6 is 0 Å². The van der Waals surface area contributed by atoms with E-state index in [1.165, 1.54) is 38.9 Å². The minimum Gasteiger partial charge on any atom is -0.303 e. The summed E-state index contributed by atoms with van der Waals surface area (Å²) < 4.78 is 0. The Morgan fingerprint density at radius 2 is 2.17 bits per heavy atom. The van der Waals surface area contributed by atoms with Gasteiger partial charge in [-0.15, -0.1) is 0 Å². The Hall–Kier alpha value is -0.0400. The van der Waals surface area contributed by atoms with Gasteiger partial charge in [-0.3, -0.25) is 0 Å². The van der Waals surface area contributed by atoms with Gasteiger partial charge in [0.2, 0.25) is 0 Å². The van der Waals surface area contributed by atoms with Crippen molar-refractivity contribution < 1.29 is 0 Å². The lowest BCUT2D eigenvalue weighted by atomic mass is 10.1. The fourth-order valence-electron chi connectivity index (χ4n) is 1.95. The largest absolute Gasteiger partial charge is 0.303 e. The number of hydrogen-bond donors (Lipinski definition) is 0. The van der Waals surface area contributed by atoms with Gasteiger partial charge in [-0.05, 0) is 44.2 Å². The van der Waals surface area contributed by atoms with E-state index < -0.39 is 0 Å². The molecule has 1 nitrogen and oxygen atoms in total. The number of nitrogens with zero attached hydrogens (tertiary/aromatic N) is 1. The van der Waals surface area contributed by atoms with Crippen LogP contribution in [0.15, 0.2) is 0 Å². The Kier molecular flexibility index (Phi) is 4.07. The normalized spacial score (nSPS) is 25.5. The highest BCUT2D eigenvalue weighted by Crippen LogP contribution is 2.16. The van der Waals surface area contributed by atoms with Gasteiger partial charge in [-0.2, -0.15) is 0 Å². The van der Waals surface area contributed by atoms with Gasteiger partial charge in [0.1, 0.15) is 0 Å². The molecule has 1 heteroatoms. The predicted octanol–water partition coefficient (Wildman–Crippen LogP) is 2.76. The van der Waals surface area contributed by atoms with Gasteiger partial charge in [-0.25, -0.2) is 0 Å². The van der Waals surface area contributed by atoms with Crippen molar-refractivity contribution in [3.05, 3.63) is 0 Å². The Labute approximate surface area is 77.1 Å². The Bertz CT molecular complexity index is 120. The van der Waals surface area contributed by atoms with E-state index in [0.717, 1.165) is 11.8 Å². The molecule has 1 atom stereocenters. The summed E-state index contributed by atoms with van der Waals surface area (Å²) in [4.78, 5) is 2.62. The summed E-state index contributed by atoms with van der Waals surface area (Å²) in [6, 6.07) is 0. The molecule has 1 saturated heterocycles. The van der Waals surface area contributed by atoms with Crippen LogP contribution in [0.4, 0.5) is 0 Å². The van der Waals surface area contributed by atoms with Gasteiger partial charge in [0.05, 0.1) is 0 Å². The lowest BCUT2D eigenvalue weighted by molar-refractivity contribution is 0.312. The van der Waals surface area contributed by atoms with E-state index in [4.69, 9.17) is 0 Å². The van der Waals surface area contributed by atoms with Crippen LogP contribution in [-0.2, 0) is 0 Å². The molecular weight excluding hydrogens is 146 g/mol. The number of likely N-dealkylation sites (tertiary alicyclic amines) is 1. The molecule has 72 valence electrons. The highest BCUT2D eigenvalue weighted by Gasteiger charge is 2.17. The third-order valence-corrected chi connectivity index (χ3v) is 2.76. The summed E-state index contributed by atoms with van der Waals surface area (Å²) in [5, 5.41) is 0. The maximum Gasteiger partial charge on any atom is 0.000750 e. The summed E-state index contributed by atoms with van der Waals surface area (Å²) >= 11 is 0. The first-order valence-electron chi connectivity index (χ1n) is 5.41. The first-order valence-corrected chi connectivity index (χ1v) is 5.41. The van der Waals surface area contributed by atoms with Crippen LogP contribution in [0.25, 0.3) is 0 Å². The van der Waals surface area contributed by atoms with Crippen molar-refractivity contribution in [3.63, 3.8) is 0 Å². The van der Waals surface area contributed by atoms with Crippen LogP contribution in [-0.4, -0.2) is 24.5 Å². The average Bonchev–Trinajstić information content (AvgIpc) is 2.35. The van der Waals surface area contributed by atoms with Crippen molar-refractivity contribution in [1.29, 1.82) is 0 Å². The van der Waals surface area contributed by atoms with Gasteiger partial charge in [0, 0.05) is 6.54 Å². The number of hydrogen-bond acceptors (Lipinski definition) is 1. The lowest BCUT2D eigenvalue weighted by Gasteiger charge is -2.15. The summed E-state index contributed by atoms with van der Waals surface area (Å²) in [6.45, 7) is 11.0. The number of rotatable bonds is 4. The van der Waals surface area contributed by atoms with Gasteiger partial charge in [-0.1, -0.05) is 20.8 Å². The third-order valence-electron chi connectivity index (χ3n) is 2.76. The molecule has 0 bridgehead atoms. The lowest BCUT2D eigenvalue weighted by Crippen LogP contribution is -2.21. The van der Waals surface area contributed by atoms with Crippen molar-refractivity contribution >= 4 is 0 Å². The molecule has 1 heterocycles. The molecule has 0 aromatic carbocycles. The second-order valence-corrected chi connectivity index (χ2v) is 4.73. The molecular formula is C11H23N. The standard InChI is InChI=1S/C11H23N/c1-10(2)5-4-7-12-8-6-11(3)9-12/h10-11H,4-9H2,1-3H3/t11-/m1/s1. The molecule has 0 unspecified atom stereocenters. The highest BCUT2D eigenvalue weighted by atomic mass is 15.1. The van der Waals surface area contributed by atoms with E-state index in [9.17, 15) is 0 Å². The van der Waals surface area contributed by atoms with Gasteiger partial charge >= 0.3 is 0 Å². The zero-order valence-corrected chi connectivity index (χ0v) is 8.84. The van der Waals surface area contributed by atoms with Crippen LogP contribution in [0.5, 0.6) is 0 Å². The summed E-state index contributed by atoms with van der Waals surface area (Å²) in [6.07, 6.45) is 4.21. The second-order valence-electron chi connectivity index (χ2n) is 4.73. The first-order chi connectivity index (χ1) is 5.68. The van der Waals surface area contributed by atoms with Gasteiger partial charge in [0.15, 0.2) is 0 Å². The Balaban J connectivity index is 2.00. The molecule has 0 spiro atoms. The van der Waals surface area contributed by atoms with Crippen LogP contribution < -0.4 is 0 Å². The van der Waals surface area contributed by atoms with Crippen molar-refractivity contribution in [2.24, 2.45) is 11.8 Å². The molecule has 0 N–H and O–H groups in total. The smallest absolute Gasteiger partial charge is 0.000750 e. The van der Waals surface area contributed by atoms with E-state index in [-0.39, 0.29) is 0 Å². The Morgan fingerprint density at radius 1 is 1.42 bits per heavy atom. The van der Waals surface area contributed by atoms with Crippen LogP contribution in [0.2, 0.25) is 0 Å². The monoisotopic (exact) mass is 169 g/mol. The SMILES string of the molecule is CC(C)CCCN1CC[C@@H](C)C1. The predicted molar refractivity (Wildman–Crippen MR) is 54.3 cm³/mol. The first kappa shape index (κ1) is 10.0. The van der Waals surface area contributed by atoms with Crippen LogP contribution in [0.1, 0.15) is 40.0 Å². The maximum absolute atomic E-state index is 2.62. The summed E-state index contributed by atoms with van der Waals surface area (Å²) in [5.74, 6) is 1.83. The van der Waals surface area contributed by atoms with Crippen molar-refractivity contribution in [3.8, 4) is 0 Å². The van der Waals surface area contributed by atoms with E-state index in [1.807, 2.05) is 0 Å². The summed E-state index contributed by atoms with van der Waals surface area (Å²) in [7, 11) is 0. The minimum atomic E-state index is 0.880. The molecule has 1 fully saturated rings. The van der Waals surface area contributed by atoms with E-state index in [1.54, 1.807) is 0 Å². The maximum atomic E-state index is 2.62. The topological polar surface area (TPSA) is 3.24 Å². The zero-order valence-electron chi connectivity index (χ0n) is 8.84. The molecule has 1 aliphatic rings. The van der Waals surface area contributed by atoms with Gasteiger partial charge in [0.25, 0.3) is 0 Å². The summed E-state index contributed by atoms with van der Waals surface area (Å²) in [5.41, 5.74) is 0. The zero-order chi connectivity index (χ0) is 8.97. The molecule has 0 radical (unpaired) electrons.